The number of hydrogen-bond acceptors (Lipinski definition) is 4. The molecule has 1 aromatic rings. The van der Waals surface area contributed by atoms with Gasteiger partial charge >= 0.3 is 0 Å². The van der Waals surface area contributed by atoms with Gasteiger partial charge in [-0.1, -0.05) is 18.2 Å². The summed E-state index contributed by atoms with van der Waals surface area (Å²) < 4.78 is 16.0. The van der Waals surface area contributed by atoms with Crippen LogP contribution in [0.3, 0.4) is 0 Å². The Morgan fingerprint density at radius 2 is 2.21 bits per heavy atom. The molecular formula is C10H10O3S. The van der Waals surface area contributed by atoms with Crippen LogP contribution in [-0.2, 0) is 8.92 Å². The highest BCUT2D eigenvalue weighted by molar-refractivity contribution is 7.75. The van der Waals surface area contributed by atoms with E-state index in [4.69, 9.17) is 13.7 Å². The SMILES string of the molecule is SOCC1Oc2ccccc2[C@H]2OC12. The molecule has 14 heavy (non-hydrogen) atoms. The van der Waals surface area contributed by atoms with Crippen LogP contribution in [0.1, 0.15) is 11.7 Å². The Balaban J connectivity index is 1.90. The van der Waals surface area contributed by atoms with Crippen molar-refractivity contribution < 1.29 is 13.7 Å². The largest absolute Gasteiger partial charge is 0.485 e. The van der Waals surface area contributed by atoms with Gasteiger partial charge in [-0.3, -0.25) is 0 Å². The lowest BCUT2D eigenvalue weighted by Crippen LogP contribution is -2.31. The van der Waals surface area contributed by atoms with E-state index < -0.39 is 0 Å². The molecule has 2 aliphatic heterocycles. The third kappa shape index (κ3) is 1.22. The van der Waals surface area contributed by atoms with E-state index >= 15 is 0 Å². The first-order valence-electron chi connectivity index (χ1n) is 4.57. The van der Waals surface area contributed by atoms with Crippen molar-refractivity contribution in [1.29, 1.82) is 0 Å². The standard InChI is InChI=1S/C10H10O3S/c14-11-5-8-10-9(13-10)6-3-1-2-4-7(6)12-8/h1-4,8-10,14H,5H2/t8?,9-,10?/m1/s1. The van der Waals surface area contributed by atoms with E-state index in [9.17, 15) is 0 Å². The van der Waals surface area contributed by atoms with Gasteiger partial charge in [-0.05, 0) is 19.0 Å². The number of para-hydroxylation sites is 1. The fraction of sp³-hybridized carbons (Fsp3) is 0.400. The van der Waals surface area contributed by atoms with Crippen molar-refractivity contribution in [1.82, 2.24) is 0 Å². The zero-order valence-electron chi connectivity index (χ0n) is 7.42. The predicted molar refractivity (Wildman–Crippen MR) is 53.4 cm³/mol. The highest BCUT2D eigenvalue weighted by atomic mass is 32.1. The van der Waals surface area contributed by atoms with Crippen molar-refractivity contribution in [2.45, 2.75) is 18.3 Å². The lowest BCUT2D eigenvalue weighted by molar-refractivity contribution is 0.111. The van der Waals surface area contributed by atoms with Crippen LogP contribution in [0, 0.1) is 0 Å². The third-order valence-corrected chi connectivity index (χ3v) is 2.78. The van der Waals surface area contributed by atoms with Gasteiger partial charge in [0.25, 0.3) is 0 Å². The smallest absolute Gasteiger partial charge is 0.152 e. The summed E-state index contributed by atoms with van der Waals surface area (Å²) in [6.07, 6.45) is 0.331. The van der Waals surface area contributed by atoms with Crippen molar-refractivity contribution in [3.05, 3.63) is 29.8 Å². The Labute approximate surface area is 87.6 Å². The summed E-state index contributed by atoms with van der Waals surface area (Å²) in [5.74, 6) is 0.904. The van der Waals surface area contributed by atoms with Gasteiger partial charge < -0.3 is 13.7 Å². The third-order valence-electron chi connectivity index (χ3n) is 2.63. The summed E-state index contributed by atoms with van der Waals surface area (Å²) in [7, 11) is 0. The molecule has 1 aromatic carbocycles. The van der Waals surface area contributed by atoms with E-state index in [0.717, 1.165) is 11.3 Å². The molecule has 1 fully saturated rings. The van der Waals surface area contributed by atoms with Crippen LogP contribution < -0.4 is 4.74 Å². The normalized spacial score (nSPS) is 32.8. The maximum Gasteiger partial charge on any atom is 0.152 e. The number of benzene rings is 1. The van der Waals surface area contributed by atoms with Crippen LogP contribution in [0.5, 0.6) is 5.75 Å². The molecule has 0 saturated carbocycles. The molecule has 3 rings (SSSR count). The maximum absolute atomic E-state index is 5.73. The fourth-order valence-electron chi connectivity index (χ4n) is 1.91. The zero-order chi connectivity index (χ0) is 9.54. The van der Waals surface area contributed by atoms with E-state index in [-0.39, 0.29) is 18.3 Å². The fourth-order valence-corrected chi connectivity index (χ4v) is 2.06. The highest BCUT2D eigenvalue weighted by Gasteiger charge is 2.51. The number of epoxide rings is 1. The number of thiol groups is 1. The summed E-state index contributed by atoms with van der Waals surface area (Å²) in [5, 5.41) is 0. The van der Waals surface area contributed by atoms with Crippen molar-refractivity contribution in [3.63, 3.8) is 0 Å². The second kappa shape index (κ2) is 3.15. The Morgan fingerprint density at radius 3 is 3.07 bits per heavy atom. The van der Waals surface area contributed by atoms with Crippen LogP contribution in [0.25, 0.3) is 0 Å². The minimum atomic E-state index is -0.0209. The van der Waals surface area contributed by atoms with Crippen LogP contribution in [-0.4, -0.2) is 18.8 Å². The Hall–Kier alpha value is -0.710. The molecule has 4 heteroatoms. The van der Waals surface area contributed by atoms with E-state index in [1.54, 1.807) is 0 Å². The molecule has 3 nitrogen and oxygen atoms in total. The average Bonchev–Trinajstić information content (AvgIpc) is 2.98. The molecule has 0 aromatic heterocycles. The predicted octanol–water partition coefficient (Wildman–Crippen LogP) is 1.75. The van der Waals surface area contributed by atoms with Gasteiger partial charge in [-0.15, -0.1) is 0 Å². The number of hydrogen-bond donors (Lipinski definition) is 1. The first-order valence-corrected chi connectivity index (χ1v) is 4.94. The average molecular weight is 210 g/mol. The van der Waals surface area contributed by atoms with Gasteiger partial charge in [-0.25, -0.2) is 0 Å². The van der Waals surface area contributed by atoms with Gasteiger partial charge in [0.05, 0.1) is 0 Å². The van der Waals surface area contributed by atoms with Crippen LogP contribution in [0.2, 0.25) is 0 Å². The lowest BCUT2D eigenvalue weighted by atomic mass is 10.0. The number of rotatable bonds is 2. The molecule has 2 unspecified atom stereocenters. The second-order valence-electron chi connectivity index (χ2n) is 3.51. The van der Waals surface area contributed by atoms with E-state index in [1.165, 1.54) is 0 Å². The summed E-state index contributed by atoms with van der Waals surface area (Å²) in [6.45, 7) is 0.457. The Kier molecular flexibility index (Phi) is 1.93. The summed E-state index contributed by atoms with van der Waals surface area (Å²) in [5.41, 5.74) is 1.15. The second-order valence-corrected chi connectivity index (χ2v) is 3.77. The highest BCUT2D eigenvalue weighted by Crippen LogP contribution is 2.49. The van der Waals surface area contributed by atoms with Gasteiger partial charge in [-0.2, -0.15) is 0 Å². The van der Waals surface area contributed by atoms with Gasteiger partial charge in [0, 0.05) is 5.56 Å². The van der Waals surface area contributed by atoms with E-state index in [2.05, 4.69) is 12.9 Å². The first-order chi connectivity index (χ1) is 6.90. The molecular weight excluding hydrogens is 200 g/mol. The van der Waals surface area contributed by atoms with Crippen molar-refractivity contribution in [2.24, 2.45) is 0 Å². The molecule has 0 N–H and O–H groups in total. The van der Waals surface area contributed by atoms with E-state index in [1.807, 2.05) is 24.3 Å². The number of fused-ring (bicyclic) bond motifs is 3. The Bertz CT molecular complexity index is 355. The molecule has 1 saturated heterocycles. The minimum absolute atomic E-state index is 0.0209. The lowest BCUT2D eigenvalue weighted by Gasteiger charge is -2.21. The maximum atomic E-state index is 5.73. The number of ether oxygens (including phenoxy) is 2. The van der Waals surface area contributed by atoms with Crippen molar-refractivity contribution in [2.75, 3.05) is 6.61 Å². The van der Waals surface area contributed by atoms with Gasteiger partial charge in [0.2, 0.25) is 0 Å². The quantitative estimate of drug-likeness (QED) is 0.458. The molecule has 2 aliphatic rings. The molecule has 0 spiro atoms. The van der Waals surface area contributed by atoms with Gasteiger partial charge in [0.15, 0.2) is 6.10 Å². The molecule has 0 bridgehead atoms. The van der Waals surface area contributed by atoms with Crippen LogP contribution in [0.15, 0.2) is 24.3 Å². The van der Waals surface area contributed by atoms with Gasteiger partial charge in [0.1, 0.15) is 24.6 Å². The summed E-state index contributed by atoms with van der Waals surface area (Å²) in [4.78, 5) is 0. The first kappa shape index (κ1) is 8.59. The summed E-state index contributed by atoms with van der Waals surface area (Å²) in [6, 6.07) is 7.95. The molecule has 3 atom stereocenters. The summed E-state index contributed by atoms with van der Waals surface area (Å²) >= 11 is 3.72. The van der Waals surface area contributed by atoms with Crippen molar-refractivity contribution in [3.8, 4) is 5.75 Å². The van der Waals surface area contributed by atoms with Crippen LogP contribution in [0.4, 0.5) is 0 Å². The van der Waals surface area contributed by atoms with E-state index in [0.29, 0.717) is 6.61 Å². The molecule has 0 radical (unpaired) electrons. The monoisotopic (exact) mass is 210 g/mol. The molecule has 2 heterocycles. The molecule has 74 valence electrons. The molecule has 0 aliphatic carbocycles. The van der Waals surface area contributed by atoms with Crippen molar-refractivity contribution >= 4 is 12.9 Å². The van der Waals surface area contributed by atoms with Crippen LogP contribution >= 0.6 is 12.9 Å². The zero-order valence-corrected chi connectivity index (χ0v) is 8.31. The topological polar surface area (TPSA) is 31.0 Å². The minimum Gasteiger partial charge on any atom is -0.485 e. The Morgan fingerprint density at radius 1 is 1.36 bits per heavy atom. The molecule has 0 amide bonds.